The summed E-state index contributed by atoms with van der Waals surface area (Å²) < 4.78 is 10.3. The molecule has 114 valence electrons. The maximum absolute atomic E-state index is 12.5. The van der Waals surface area contributed by atoms with E-state index in [1.165, 1.54) is 0 Å². The topological polar surface area (TPSA) is 55.8 Å². The number of benzene rings is 1. The van der Waals surface area contributed by atoms with E-state index in [9.17, 15) is 9.59 Å². The van der Waals surface area contributed by atoms with E-state index < -0.39 is 6.04 Å². The van der Waals surface area contributed by atoms with Gasteiger partial charge in [-0.05, 0) is 31.9 Å². The van der Waals surface area contributed by atoms with Crippen molar-refractivity contribution in [3.8, 4) is 0 Å². The smallest absolute Gasteiger partial charge is 0.329 e. The highest BCUT2D eigenvalue weighted by atomic mass is 16.5. The van der Waals surface area contributed by atoms with Gasteiger partial charge in [-0.1, -0.05) is 18.2 Å². The molecule has 1 aliphatic rings. The van der Waals surface area contributed by atoms with Gasteiger partial charge < -0.3 is 9.47 Å². The summed E-state index contributed by atoms with van der Waals surface area (Å²) in [6.45, 7) is 6.48. The first-order valence-electron chi connectivity index (χ1n) is 7.19. The Kier molecular flexibility index (Phi) is 4.96. The molecule has 1 amide bonds. The fourth-order valence-corrected chi connectivity index (χ4v) is 2.62. The SMILES string of the molecule is CCOCC(=O)N(c1c(C)cccc1C)C1CCOC1=O. The molecule has 0 bridgehead atoms. The number of amides is 1. The van der Waals surface area contributed by atoms with Crippen LogP contribution in [0.3, 0.4) is 0 Å². The molecular weight excluding hydrogens is 270 g/mol. The van der Waals surface area contributed by atoms with E-state index in [0.717, 1.165) is 16.8 Å². The lowest BCUT2D eigenvalue weighted by Crippen LogP contribution is -2.45. The minimum absolute atomic E-state index is 0.0337. The third-order valence-electron chi connectivity index (χ3n) is 3.60. The first kappa shape index (κ1) is 15.5. The van der Waals surface area contributed by atoms with Crippen LogP contribution in [0.4, 0.5) is 5.69 Å². The van der Waals surface area contributed by atoms with Gasteiger partial charge in [0.1, 0.15) is 12.6 Å². The van der Waals surface area contributed by atoms with Crippen molar-refractivity contribution in [3.63, 3.8) is 0 Å². The highest BCUT2D eigenvalue weighted by molar-refractivity contribution is 6.01. The molecule has 1 aromatic rings. The molecule has 1 atom stereocenters. The summed E-state index contributed by atoms with van der Waals surface area (Å²) in [5.41, 5.74) is 2.70. The van der Waals surface area contributed by atoms with Gasteiger partial charge in [-0.25, -0.2) is 4.79 Å². The number of rotatable bonds is 5. The van der Waals surface area contributed by atoms with Gasteiger partial charge in [-0.2, -0.15) is 0 Å². The number of aryl methyl sites for hydroxylation is 2. The maximum atomic E-state index is 12.5. The molecule has 1 heterocycles. The lowest BCUT2D eigenvalue weighted by Gasteiger charge is -2.29. The average molecular weight is 291 g/mol. The van der Waals surface area contributed by atoms with Crippen molar-refractivity contribution in [2.75, 3.05) is 24.7 Å². The van der Waals surface area contributed by atoms with E-state index in [4.69, 9.17) is 9.47 Å². The largest absolute Gasteiger partial charge is 0.464 e. The number of hydrogen-bond acceptors (Lipinski definition) is 4. The fraction of sp³-hybridized carbons (Fsp3) is 0.500. The van der Waals surface area contributed by atoms with Crippen molar-refractivity contribution >= 4 is 17.6 Å². The lowest BCUT2D eigenvalue weighted by atomic mass is 10.0. The normalized spacial score (nSPS) is 17.7. The number of nitrogens with zero attached hydrogens (tertiary/aromatic N) is 1. The zero-order valence-corrected chi connectivity index (χ0v) is 12.7. The number of carbonyl (C=O) groups is 2. The molecule has 21 heavy (non-hydrogen) atoms. The van der Waals surface area contributed by atoms with Crippen molar-refractivity contribution in [1.82, 2.24) is 0 Å². The third kappa shape index (κ3) is 3.24. The Morgan fingerprint density at radius 1 is 1.38 bits per heavy atom. The van der Waals surface area contributed by atoms with Gasteiger partial charge in [0, 0.05) is 13.0 Å². The van der Waals surface area contributed by atoms with Gasteiger partial charge in [0.15, 0.2) is 0 Å². The van der Waals surface area contributed by atoms with E-state index in [0.29, 0.717) is 19.6 Å². The molecule has 0 aromatic heterocycles. The number of anilines is 1. The summed E-state index contributed by atoms with van der Waals surface area (Å²) in [5.74, 6) is -0.555. The van der Waals surface area contributed by atoms with Crippen molar-refractivity contribution in [2.24, 2.45) is 0 Å². The molecule has 0 radical (unpaired) electrons. The zero-order chi connectivity index (χ0) is 15.4. The Labute approximate surface area is 124 Å². The molecule has 1 saturated heterocycles. The van der Waals surface area contributed by atoms with E-state index in [-0.39, 0.29) is 18.5 Å². The Bertz CT molecular complexity index is 521. The molecule has 1 fully saturated rings. The number of carbonyl (C=O) groups excluding carboxylic acids is 2. The summed E-state index contributed by atoms with van der Waals surface area (Å²) in [7, 11) is 0. The summed E-state index contributed by atoms with van der Waals surface area (Å²) in [6, 6.07) is 5.25. The third-order valence-corrected chi connectivity index (χ3v) is 3.60. The fourth-order valence-electron chi connectivity index (χ4n) is 2.62. The van der Waals surface area contributed by atoms with Crippen LogP contribution in [0, 0.1) is 13.8 Å². The minimum Gasteiger partial charge on any atom is -0.464 e. The van der Waals surface area contributed by atoms with Crippen LogP contribution in [-0.2, 0) is 19.1 Å². The Morgan fingerprint density at radius 2 is 2.05 bits per heavy atom. The molecule has 2 rings (SSSR count). The van der Waals surface area contributed by atoms with Crippen LogP contribution < -0.4 is 4.90 Å². The molecule has 1 unspecified atom stereocenters. The van der Waals surface area contributed by atoms with Crippen LogP contribution in [-0.4, -0.2) is 37.7 Å². The molecule has 1 aromatic carbocycles. The lowest BCUT2D eigenvalue weighted by molar-refractivity contribution is -0.140. The van der Waals surface area contributed by atoms with Gasteiger partial charge in [-0.3, -0.25) is 9.69 Å². The summed E-state index contributed by atoms with van der Waals surface area (Å²) in [4.78, 5) is 26.0. The molecule has 0 aliphatic carbocycles. The second-order valence-corrected chi connectivity index (χ2v) is 5.11. The molecule has 0 spiro atoms. The van der Waals surface area contributed by atoms with Crippen LogP contribution in [0.2, 0.25) is 0 Å². The molecule has 1 aliphatic heterocycles. The van der Waals surface area contributed by atoms with E-state index in [1.807, 2.05) is 39.0 Å². The van der Waals surface area contributed by atoms with E-state index >= 15 is 0 Å². The van der Waals surface area contributed by atoms with Crippen molar-refractivity contribution < 1.29 is 19.1 Å². The predicted octanol–water partition coefficient (Wildman–Crippen LogP) is 1.99. The Morgan fingerprint density at radius 3 is 2.57 bits per heavy atom. The molecular formula is C16H21NO4. The van der Waals surface area contributed by atoms with Crippen molar-refractivity contribution in [1.29, 1.82) is 0 Å². The van der Waals surface area contributed by atoms with Gasteiger partial charge >= 0.3 is 5.97 Å². The summed E-state index contributed by atoms with van der Waals surface area (Å²) in [6.07, 6.45) is 0.518. The Hall–Kier alpha value is -1.88. The number of cyclic esters (lactones) is 1. The molecule has 0 N–H and O–H groups in total. The van der Waals surface area contributed by atoms with Crippen LogP contribution in [0.25, 0.3) is 0 Å². The Balaban J connectivity index is 2.40. The first-order chi connectivity index (χ1) is 10.1. The highest BCUT2D eigenvalue weighted by Gasteiger charge is 2.37. The maximum Gasteiger partial charge on any atom is 0.329 e. The molecule has 5 heteroatoms. The number of hydrogen-bond donors (Lipinski definition) is 0. The number of ether oxygens (including phenoxy) is 2. The first-order valence-corrected chi connectivity index (χ1v) is 7.19. The zero-order valence-electron chi connectivity index (χ0n) is 12.7. The summed E-state index contributed by atoms with van der Waals surface area (Å²) >= 11 is 0. The van der Waals surface area contributed by atoms with Crippen molar-refractivity contribution in [2.45, 2.75) is 33.2 Å². The number of para-hydroxylation sites is 1. The standard InChI is InChI=1S/C16H21NO4/c1-4-20-10-14(18)17(13-8-9-21-16(13)19)15-11(2)6-5-7-12(15)3/h5-7,13H,4,8-10H2,1-3H3. The second-order valence-electron chi connectivity index (χ2n) is 5.11. The van der Waals surface area contributed by atoms with Crippen LogP contribution >= 0.6 is 0 Å². The summed E-state index contributed by atoms with van der Waals surface area (Å²) in [5, 5.41) is 0. The monoisotopic (exact) mass is 291 g/mol. The van der Waals surface area contributed by atoms with E-state index in [2.05, 4.69) is 0 Å². The van der Waals surface area contributed by atoms with E-state index in [1.54, 1.807) is 4.90 Å². The van der Waals surface area contributed by atoms with Gasteiger partial charge in [0.25, 0.3) is 5.91 Å². The van der Waals surface area contributed by atoms with Gasteiger partial charge in [0.05, 0.1) is 12.3 Å². The average Bonchev–Trinajstić information content (AvgIpc) is 2.86. The predicted molar refractivity (Wildman–Crippen MR) is 79.3 cm³/mol. The van der Waals surface area contributed by atoms with Crippen LogP contribution in [0.15, 0.2) is 18.2 Å². The molecule has 0 saturated carbocycles. The van der Waals surface area contributed by atoms with Crippen LogP contribution in [0.1, 0.15) is 24.5 Å². The quantitative estimate of drug-likeness (QED) is 0.779. The van der Waals surface area contributed by atoms with Gasteiger partial charge in [-0.15, -0.1) is 0 Å². The number of esters is 1. The van der Waals surface area contributed by atoms with Crippen molar-refractivity contribution in [3.05, 3.63) is 29.3 Å². The van der Waals surface area contributed by atoms with Gasteiger partial charge in [0.2, 0.25) is 0 Å². The van der Waals surface area contributed by atoms with Crippen LogP contribution in [0.5, 0.6) is 0 Å². The highest BCUT2D eigenvalue weighted by Crippen LogP contribution is 2.29. The second kappa shape index (κ2) is 6.72. The minimum atomic E-state index is -0.558. The molecule has 5 nitrogen and oxygen atoms in total.